The molecule has 0 spiro atoms. The van der Waals surface area contributed by atoms with Gasteiger partial charge < -0.3 is 9.84 Å². The Morgan fingerprint density at radius 2 is 2.15 bits per heavy atom. The van der Waals surface area contributed by atoms with E-state index < -0.39 is 5.97 Å². The van der Waals surface area contributed by atoms with Crippen molar-refractivity contribution in [2.24, 2.45) is 0 Å². The first kappa shape index (κ1) is 11.8. The van der Waals surface area contributed by atoms with E-state index >= 15 is 0 Å². The van der Waals surface area contributed by atoms with Crippen molar-refractivity contribution in [3.8, 4) is 0 Å². The van der Waals surface area contributed by atoms with E-state index in [2.05, 4.69) is 0 Å². The Morgan fingerprint density at radius 3 is 2.62 bits per heavy atom. The van der Waals surface area contributed by atoms with Gasteiger partial charge in [-0.1, -0.05) is 19.9 Å². The van der Waals surface area contributed by atoms with Crippen LogP contribution in [0.2, 0.25) is 0 Å². The maximum absolute atomic E-state index is 10.5. The maximum Gasteiger partial charge on any atom is 0.308 e. The maximum atomic E-state index is 10.5. The number of rotatable bonds is 1. The molecule has 3 heteroatoms. The highest BCUT2D eigenvalue weighted by Gasteiger charge is 2.09. The summed E-state index contributed by atoms with van der Waals surface area (Å²) in [5, 5.41) is 9.17. The summed E-state index contributed by atoms with van der Waals surface area (Å²) in [6, 6.07) is 0. The zero-order chi connectivity index (χ0) is 10.3. The van der Waals surface area contributed by atoms with Gasteiger partial charge in [-0.25, -0.2) is 0 Å². The van der Waals surface area contributed by atoms with Gasteiger partial charge in [0.05, 0.1) is 0 Å². The number of carbonyl (C=O) groups excluding carboxylic acids is 1. The molecule has 0 aromatic carbocycles. The van der Waals surface area contributed by atoms with Crippen LogP contribution in [-0.4, -0.2) is 11.1 Å². The first-order chi connectivity index (χ1) is 6.20. The number of hydrogen-bond acceptors (Lipinski definition) is 3. The molecule has 0 atom stereocenters. The molecule has 74 valence electrons. The minimum absolute atomic E-state index is 0.155. The number of aliphatic hydroxyl groups is 1. The first-order valence-corrected chi connectivity index (χ1v) is 4.47. The minimum atomic E-state index is -0.405. The number of hydrogen-bond donors (Lipinski definition) is 1. The number of ether oxygens (including phenoxy) is 1. The molecule has 0 saturated carbocycles. The number of allylic oxidation sites excluding steroid dienone is 3. The summed E-state index contributed by atoms with van der Waals surface area (Å²) in [5.74, 6) is 0.0320. The predicted molar refractivity (Wildman–Crippen MR) is 51.1 cm³/mol. The topological polar surface area (TPSA) is 46.5 Å². The Kier molecular flexibility index (Phi) is 5.68. The van der Waals surface area contributed by atoms with Crippen LogP contribution < -0.4 is 0 Å². The van der Waals surface area contributed by atoms with Gasteiger partial charge in [0.25, 0.3) is 0 Å². The molecular formula is C10H16O3. The summed E-state index contributed by atoms with van der Waals surface area (Å²) >= 11 is 0. The molecule has 13 heavy (non-hydrogen) atoms. The second-order valence-corrected chi connectivity index (χ2v) is 2.35. The second kappa shape index (κ2) is 6.29. The van der Waals surface area contributed by atoms with E-state index in [9.17, 15) is 4.79 Å². The van der Waals surface area contributed by atoms with Gasteiger partial charge in [0.1, 0.15) is 5.76 Å². The fraction of sp³-hybridized carbons (Fsp3) is 0.500. The molecule has 1 rings (SSSR count). The van der Waals surface area contributed by atoms with Gasteiger partial charge in [0, 0.05) is 13.3 Å². The predicted octanol–water partition coefficient (Wildman–Crippen LogP) is 2.70. The van der Waals surface area contributed by atoms with Crippen molar-refractivity contribution in [2.75, 3.05) is 0 Å². The Balaban J connectivity index is 0.000000671. The van der Waals surface area contributed by atoms with Gasteiger partial charge in [0.15, 0.2) is 5.76 Å². The van der Waals surface area contributed by atoms with E-state index in [1.807, 2.05) is 19.9 Å². The van der Waals surface area contributed by atoms with Crippen molar-refractivity contribution in [1.29, 1.82) is 0 Å². The molecule has 0 aromatic rings. The molecule has 3 nitrogen and oxygen atoms in total. The van der Waals surface area contributed by atoms with Crippen molar-refractivity contribution in [3.63, 3.8) is 0 Å². The van der Waals surface area contributed by atoms with Crippen molar-refractivity contribution in [2.45, 2.75) is 33.6 Å². The first-order valence-electron chi connectivity index (χ1n) is 4.47. The number of aliphatic hydroxyl groups excluding tert-OH is 1. The van der Waals surface area contributed by atoms with E-state index in [1.165, 1.54) is 6.92 Å². The third-order valence-corrected chi connectivity index (χ3v) is 1.36. The summed E-state index contributed by atoms with van der Waals surface area (Å²) in [6.45, 7) is 5.31. The molecule has 0 fully saturated rings. The van der Waals surface area contributed by atoms with Crippen molar-refractivity contribution < 1.29 is 14.6 Å². The van der Waals surface area contributed by atoms with Gasteiger partial charge >= 0.3 is 5.97 Å². The summed E-state index contributed by atoms with van der Waals surface area (Å²) in [7, 11) is 0. The molecule has 0 radical (unpaired) electrons. The smallest absolute Gasteiger partial charge is 0.308 e. The monoisotopic (exact) mass is 184 g/mol. The lowest BCUT2D eigenvalue weighted by Gasteiger charge is -2.08. The Morgan fingerprint density at radius 1 is 1.54 bits per heavy atom. The molecule has 0 bridgehead atoms. The molecule has 1 aliphatic carbocycles. The van der Waals surface area contributed by atoms with Crippen molar-refractivity contribution in [3.05, 3.63) is 23.7 Å². The number of esters is 1. The molecular weight excluding hydrogens is 168 g/mol. The van der Waals surface area contributed by atoms with Crippen LogP contribution in [0.5, 0.6) is 0 Å². The molecule has 0 saturated heterocycles. The van der Waals surface area contributed by atoms with Crippen LogP contribution in [0.15, 0.2) is 23.7 Å². The van der Waals surface area contributed by atoms with Crippen LogP contribution in [0.1, 0.15) is 33.6 Å². The van der Waals surface area contributed by atoms with Gasteiger partial charge in [-0.3, -0.25) is 4.79 Å². The second-order valence-electron chi connectivity index (χ2n) is 2.35. The van der Waals surface area contributed by atoms with Gasteiger partial charge in [-0.15, -0.1) is 0 Å². The highest BCUT2D eigenvalue weighted by Crippen LogP contribution is 2.17. The molecule has 0 heterocycles. The van der Waals surface area contributed by atoms with Crippen LogP contribution in [0.3, 0.4) is 0 Å². The third-order valence-electron chi connectivity index (χ3n) is 1.36. The Hall–Kier alpha value is -1.25. The SMILES string of the molecule is CC.CC(=O)OC1=C(O)CCC=C1. The van der Waals surface area contributed by atoms with Crippen molar-refractivity contribution >= 4 is 5.97 Å². The van der Waals surface area contributed by atoms with E-state index in [1.54, 1.807) is 6.08 Å². The average molecular weight is 184 g/mol. The Bertz CT molecular complexity index is 226. The summed E-state index contributed by atoms with van der Waals surface area (Å²) in [5.41, 5.74) is 0. The largest absolute Gasteiger partial charge is 0.508 e. The van der Waals surface area contributed by atoms with Crippen LogP contribution in [0, 0.1) is 0 Å². The van der Waals surface area contributed by atoms with Gasteiger partial charge in [0.2, 0.25) is 0 Å². The van der Waals surface area contributed by atoms with Crippen molar-refractivity contribution in [1.82, 2.24) is 0 Å². The van der Waals surface area contributed by atoms with Crippen LogP contribution in [-0.2, 0) is 9.53 Å². The molecule has 1 aliphatic rings. The molecule has 0 aliphatic heterocycles. The van der Waals surface area contributed by atoms with E-state index in [4.69, 9.17) is 9.84 Å². The van der Waals surface area contributed by atoms with E-state index in [-0.39, 0.29) is 11.5 Å². The average Bonchev–Trinajstić information content (AvgIpc) is 2.12. The quantitative estimate of drug-likeness (QED) is 0.637. The lowest BCUT2D eigenvalue weighted by molar-refractivity contribution is -0.136. The fourth-order valence-electron chi connectivity index (χ4n) is 0.878. The number of carbonyl (C=O) groups is 1. The molecule has 0 aromatic heterocycles. The molecule has 1 N–H and O–H groups in total. The fourth-order valence-corrected chi connectivity index (χ4v) is 0.878. The van der Waals surface area contributed by atoms with Crippen LogP contribution in [0.25, 0.3) is 0 Å². The summed E-state index contributed by atoms with van der Waals surface area (Å²) in [4.78, 5) is 10.5. The highest BCUT2D eigenvalue weighted by atomic mass is 16.5. The van der Waals surface area contributed by atoms with Crippen LogP contribution in [0.4, 0.5) is 0 Å². The zero-order valence-electron chi connectivity index (χ0n) is 8.33. The summed E-state index contributed by atoms with van der Waals surface area (Å²) < 4.78 is 4.71. The Labute approximate surface area is 78.7 Å². The summed E-state index contributed by atoms with van der Waals surface area (Å²) in [6.07, 6.45) is 4.83. The third kappa shape index (κ3) is 4.35. The normalized spacial score (nSPS) is 14.7. The molecule has 0 unspecified atom stereocenters. The zero-order valence-corrected chi connectivity index (χ0v) is 8.33. The van der Waals surface area contributed by atoms with Crippen LogP contribution >= 0.6 is 0 Å². The van der Waals surface area contributed by atoms with E-state index in [0.29, 0.717) is 6.42 Å². The van der Waals surface area contributed by atoms with Gasteiger partial charge in [-0.05, 0) is 12.5 Å². The van der Waals surface area contributed by atoms with E-state index in [0.717, 1.165) is 6.42 Å². The molecule has 0 amide bonds. The lowest BCUT2D eigenvalue weighted by Crippen LogP contribution is -2.02. The minimum Gasteiger partial charge on any atom is -0.508 e. The highest BCUT2D eigenvalue weighted by molar-refractivity contribution is 5.67. The van der Waals surface area contributed by atoms with Gasteiger partial charge in [-0.2, -0.15) is 0 Å². The lowest BCUT2D eigenvalue weighted by atomic mass is 10.1. The standard InChI is InChI=1S/C8H10O3.C2H6/c1-6(9)11-8-5-3-2-4-7(8)10;1-2/h3,5,10H,2,4H2,1H3;1-2H3.